The van der Waals surface area contributed by atoms with Crippen LogP contribution in [0.2, 0.25) is 20.1 Å². The Morgan fingerprint density at radius 3 is 1.09 bits per heavy atom. The molecule has 20 rings (SSSR count). The van der Waals surface area contributed by atoms with E-state index in [0.29, 0.717) is 161 Å². The van der Waals surface area contributed by atoms with Crippen molar-refractivity contribution in [2.45, 2.75) is 134 Å². The van der Waals surface area contributed by atoms with Crippen molar-refractivity contribution in [2.75, 3.05) is 89.6 Å². The first-order valence-corrected chi connectivity index (χ1v) is 48.8. The second-order valence-corrected chi connectivity index (χ2v) is 38.6. The number of piperidine rings is 3. The first-order valence-electron chi connectivity index (χ1n) is 46.3. The summed E-state index contributed by atoms with van der Waals surface area (Å²) in [6, 6.07) is 49.9. The van der Waals surface area contributed by atoms with E-state index < -0.39 is 0 Å². The second-order valence-electron chi connectivity index (χ2n) is 35.8. The molecule has 7 saturated heterocycles. The lowest BCUT2D eigenvalue weighted by Crippen LogP contribution is -2.42. The van der Waals surface area contributed by atoms with Crippen LogP contribution in [-0.2, 0) is 24.9 Å². The average molecular weight is 1950 g/mol. The summed E-state index contributed by atoms with van der Waals surface area (Å²) in [4.78, 5) is 75.3. The highest BCUT2D eigenvalue weighted by Crippen LogP contribution is 2.37. The lowest BCUT2D eigenvalue weighted by molar-refractivity contribution is -0.119. The SMILES string of the molecule is C=C1C/C(=C\c2cnn3c(NC4CCN(C(C)C)CC4)cc(Nc4cccc(Cl)c4)nc23)C(=O)N1.C=C1C/C(=C\c2cnn3c(NC4CCN(CC(C)C)CC4)cc(Nc4cccc(Cl)c4)nc23)C(=O)N1.C=C1C/C(=C\c2cnn3c(NC4CCN(CC)CC4)cc(Nc4cccc(Cl)c4)nc23)C(=O)N1.C=C1NC(=O)C/C1=C\c1cnn2c(SCc3ccccc3)cc(Nc3cccc(Cl)c3)nc12. The number of carbonyl (C=O) groups excluding carboxylic acids is 4. The topological polar surface area (TPSA) is 331 Å². The Labute approximate surface area is 825 Å². The van der Waals surface area contributed by atoms with Gasteiger partial charge in [-0.15, -0.1) is 11.8 Å². The van der Waals surface area contributed by atoms with Crippen molar-refractivity contribution < 1.29 is 19.2 Å². The molecule has 11 N–H and O–H groups in total. The number of nitrogens with zero attached hydrogens (tertiary/aromatic N) is 15. The number of allylic oxidation sites excluding steroid dienone is 4. The first kappa shape index (κ1) is 96.1. The molecule has 35 heteroatoms. The number of likely N-dealkylation sites (tertiary alicyclic amines) is 3. The molecule has 0 spiro atoms. The number of amides is 4. The molecule has 0 radical (unpaired) electrons. The highest BCUT2D eigenvalue weighted by atomic mass is 35.5. The number of hydrogen-bond acceptors (Lipinski definition) is 23. The molecule has 15 heterocycles. The second kappa shape index (κ2) is 43.8. The van der Waals surface area contributed by atoms with Gasteiger partial charge in [0, 0.05) is 224 Å². The quantitative estimate of drug-likeness (QED) is 0.0144. The predicted molar refractivity (Wildman–Crippen MR) is 556 cm³/mol. The number of carbonyl (C=O) groups is 4. The van der Waals surface area contributed by atoms with Crippen LogP contribution in [0.5, 0.6) is 0 Å². The van der Waals surface area contributed by atoms with Crippen LogP contribution < -0.4 is 58.5 Å². The normalized spacial score (nSPS) is 17.6. The summed E-state index contributed by atoms with van der Waals surface area (Å²) >= 11 is 26.4. The van der Waals surface area contributed by atoms with Gasteiger partial charge in [0.15, 0.2) is 22.6 Å². The molecule has 5 aromatic carbocycles. The van der Waals surface area contributed by atoms with Gasteiger partial charge >= 0.3 is 0 Å². The van der Waals surface area contributed by atoms with E-state index in [1.54, 1.807) is 36.5 Å². The van der Waals surface area contributed by atoms with Gasteiger partial charge in [-0.05, 0) is 173 Å². The van der Waals surface area contributed by atoms with Crippen molar-refractivity contribution in [2.24, 2.45) is 5.92 Å². The standard InChI is InChI=1S/C27H32ClN7O.C26H30ClN7O.C25H28ClN7O.C25H20ClN5OS/c1-17(2)16-34-9-7-22(8-10-34)32-25-14-24(31-23-6-4-5-21(28)13-23)33-26-20(15-29-35(25)26)12-19-11-18(3)30-27(19)36;1-16(2)33-9-7-21(8-10-33)31-24-14-23(30-22-6-4-5-20(27)13-22)32-25-19(15-28-34(24)25)12-18-11-17(3)29-26(18)35;1-3-32-9-7-20(8-10-32)30-23-14-22(29-21-6-4-5-19(26)13-21)31-24-18(15-27-33(23)24)12-17-11-16(2)28-25(17)34;1-16-18(11-23(32)28-16)10-19-14-27-31-24(33-15-17-6-3-2-4-7-17)13-22(30-25(19)31)29-21-9-5-8-20(26)12-21/h4-6,12-15,17,22,32H,3,7-11,16H2,1-2H3,(H,30,36)(H,31,33);4-6,12-16,21,31H,3,7-11H2,1-2H3,(H,29,35)(H,30,32);4-6,12-15,20,30H,2-3,7-11H2,1H3,(H,28,34)(H,29,31);2-10,12-14H,1,11,15H2,(H,28,32)(H,29,30)/b19-12+;18-12+;17-12+;18-10+. The number of nitrogens with one attached hydrogen (secondary N) is 11. The van der Waals surface area contributed by atoms with E-state index in [1.165, 1.54) is 5.56 Å². The van der Waals surface area contributed by atoms with Crippen LogP contribution in [0.25, 0.3) is 46.9 Å². The number of halogens is 4. The number of thioether (sulfide) groups is 1. The third kappa shape index (κ3) is 24.5. The van der Waals surface area contributed by atoms with E-state index in [-0.39, 0.29) is 23.6 Å². The highest BCUT2D eigenvalue weighted by Gasteiger charge is 2.30. The van der Waals surface area contributed by atoms with Gasteiger partial charge in [-0.1, -0.05) is 148 Å². The Bertz CT molecular complexity index is 6930. The molecule has 0 unspecified atom stereocenters. The molecule has 7 aliphatic heterocycles. The van der Waals surface area contributed by atoms with Gasteiger partial charge in [0.05, 0.1) is 31.2 Å². The lowest BCUT2D eigenvalue weighted by atomic mass is 10.0. The van der Waals surface area contributed by atoms with Crippen LogP contribution in [0.4, 0.5) is 63.5 Å². The van der Waals surface area contributed by atoms with Gasteiger partial charge in [-0.3, -0.25) is 19.2 Å². The maximum Gasteiger partial charge on any atom is 0.251 e. The third-order valence-electron chi connectivity index (χ3n) is 24.4. The molecular weight excluding hydrogens is 1840 g/mol. The molecule has 13 aromatic rings. The van der Waals surface area contributed by atoms with Gasteiger partial charge in [0.2, 0.25) is 5.91 Å². The van der Waals surface area contributed by atoms with E-state index in [1.807, 2.05) is 182 Å². The van der Waals surface area contributed by atoms with Crippen LogP contribution in [0.3, 0.4) is 0 Å². The smallest absolute Gasteiger partial charge is 0.251 e. The number of hydrogen-bond donors (Lipinski definition) is 11. The highest BCUT2D eigenvalue weighted by molar-refractivity contribution is 7.98. The third-order valence-corrected chi connectivity index (χ3v) is 26.5. The minimum absolute atomic E-state index is 0.0573. The zero-order valence-electron chi connectivity index (χ0n) is 77.5. The summed E-state index contributed by atoms with van der Waals surface area (Å²) < 4.78 is 7.27. The summed E-state index contributed by atoms with van der Waals surface area (Å²) in [5.41, 5.74) is 15.9. The van der Waals surface area contributed by atoms with Crippen molar-refractivity contribution in [3.05, 3.63) is 296 Å². The monoisotopic (exact) mass is 1950 g/mol. The molecule has 7 aliphatic rings. The van der Waals surface area contributed by atoms with Crippen molar-refractivity contribution in [1.29, 1.82) is 0 Å². The zero-order chi connectivity index (χ0) is 96.2. The summed E-state index contributed by atoms with van der Waals surface area (Å²) in [6.45, 7) is 35.4. The van der Waals surface area contributed by atoms with Gasteiger partial charge < -0.3 is 73.2 Å². The summed E-state index contributed by atoms with van der Waals surface area (Å²) in [7, 11) is 0. The number of benzene rings is 5. The fraction of sp³-hybridized carbons (Fsp3) is 0.282. The Kier molecular flexibility index (Phi) is 30.5. The van der Waals surface area contributed by atoms with E-state index in [4.69, 9.17) is 66.3 Å². The van der Waals surface area contributed by atoms with Gasteiger partial charge in [0.1, 0.15) is 45.8 Å². The zero-order valence-corrected chi connectivity index (χ0v) is 81.3. The van der Waals surface area contributed by atoms with Crippen molar-refractivity contribution in [1.82, 2.24) is 94.4 Å². The molecule has 8 aromatic heterocycles. The van der Waals surface area contributed by atoms with Crippen LogP contribution in [0.1, 0.15) is 127 Å². The van der Waals surface area contributed by atoms with E-state index in [9.17, 15) is 19.2 Å². The summed E-state index contributed by atoms with van der Waals surface area (Å²) in [5.74, 6) is 6.29. The van der Waals surface area contributed by atoms with Crippen LogP contribution in [0.15, 0.2) is 253 Å². The van der Waals surface area contributed by atoms with Crippen molar-refractivity contribution >= 4 is 192 Å². The molecule has 0 aliphatic carbocycles. The molecule has 30 nitrogen and oxygen atoms in total. The number of anilines is 11. The minimum atomic E-state index is -0.127. The molecule has 0 bridgehead atoms. The lowest BCUT2D eigenvalue weighted by Gasteiger charge is -2.35. The van der Waals surface area contributed by atoms with Gasteiger partial charge in [-0.2, -0.15) is 33.9 Å². The molecule has 138 heavy (non-hydrogen) atoms. The maximum atomic E-state index is 12.3. The van der Waals surface area contributed by atoms with Crippen molar-refractivity contribution in [3.8, 4) is 0 Å². The van der Waals surface area contributed by atoms with E-state index in [0.717, 1.165) is 170 Å². The molecule has 7 fully saturated rings. The molecule has 4 amide bonds. The average Bonchev–Trinajstić information content (AvgIpc) is 1.63. The van der Waals surface area contributed by atoms with E-state index >= 15 is 0 Å². The number of fused-ring (bicyclic) bond motifs is 4. The summed E-state index contributed by atoms with van der Waals surface area (Å²) in [5, 5.41) is 57.5. The molecular formula is C103H110Cl4N26O4S. The Hall–Kier alpha value is -13.6. The maximum absolute atomic E-state index is 12.3. The number of rotatable bonds is 25. The van der Waals surface area contributed by atoms with Gasteiger partial charge in [0.25, 0.3) is 17.7 Å². The van der Waals surface area contributed by atoms with Crippen molar-refractivity contribution in [3.63, 3.8) is 0 Å². The van der Waals surface area contributed by atoms with Crippen LogP contribution in [0, 0.1) is 5.92 Å². The van der Waals surface area contributed by atoms with E-state index in [2.05, 4.69) is 167 Å². The Balaban J connectivity index is 0.000000127. The first-order chi connectivity index (χ1) is 66.7. The predicted octanol–water partition coefficient (Wildman–Crippen LogP) is 20.2. The summed E-state index contributed by atoms with van der Waals surface area (Å²) in [6.07, 6.45) is 22.6. The fourth-order valence-electron chi connectivity index (χ4n) is 17.5. The fourth-order valence-corrected chi connectivity index (χ4v) is 19.2. The number of aromatic nitrogens is 12. The molecule has 0 atom stereocenters. The minimum Gasteiger partial charge on any atom is -0.367 e. The van der Waals surface area contributed by atoms with Crippen LogP contribution in [-0.4, -0.2) is 173 Å². The van der Waals surface area contributed by atoms with Gasteiger partial charge in [-0.25, -0.2) is 24.5 Å². The molecule has 0 saturated carbocycles. The van der Waals surface area contributed by atoms with Crippen LogP contribution >= 0.6 is 58.2 Å². The molecule has 710 valence electrons. The largest absolute Gasteiger partial charge is 0.367 e. The Morgan fingerprint density at radius 2 is 0.761 bits per heavy atom. The Morgan fingerprint density at radius 1 is 0.413 bits per heavy atom.